The Bertz CT molecular complexity index is 488. The molecule has 0 aliphatic carbocycles. The lowest BCUT2D eigenvalue weighted by Crippen LogP contribution is -2.63. The highest BCUT2D eigenvalue weighted by atomic mass is 31.1. The number of rotatable bonds is 9. The van der Waals surface area contributed by atoms with E-state index in [1.54, 1.807) is 0 Å². The van der Waals surface area contributed by atoms with Crippen LogP contribution in [0, 0.1) is 0 Å². The highest BCUT2D eigenvalue weighted by Gasteiger charge is 2.40. The van der Waals surface area contributed by atoms with Gasteiger partial charge >= 0.3 is 0 Å². The predicted octanol–water partition coefficient (Wildman–Crippen LogP) is -2.68. The van der Waals surface area contributed by atoms with E-state index >= 15 is 0 Å². The molecule has 1 aliphatic rings. The lowest BCUT2D eigenvalue weighted by atomic mass is 10.1. The number of hydrogen-bond donors (Lipinski definition) is 6. The molecule has 0 bridgehead atoms. The first-order chi connectivity index (χ1) is 10.8. The molecule has 1 rings (SSSR count). The van der Waals surface area contributed by atoms with Crippen LogP contribution in [0.1, 0.15) is 25.7 Å². The van der Waals surface area contributed by atoms with Gasteiger partial charge in [-0.05, 0) is 25.8 Å². The van der Waals surface area contributed by atoms with Crippen molar-refractivity contribution in [2.24, 2.45) is 17.2 Å². The molecule has 0 aromatic heterocycles. The van der Waals surface area contributed by atoms with Gasteiger partial charge in [0.25, 0.3) is 5.91 Å². The summed E-state index contributed by atoms with van der Waals surface area (Å²) in [5.41, 5.74) is 13.7. The molecule has 0 spiro atoms. The second kappa shape index (κ2) is 8.97. The second-order valence-corrected chi connectivity index (χ2v) is 7.16. The van der Waals surface area contributed by atoms with Gasteiger partial charge in [-0.1, -0.05) is 0 Å². The zero-order valence-corrected chi connectivity index (χ0v) is 13.9. The van der Waals surface area contributed by atoms with Crippen LogP contribution in [-0.2, 0) is 18.9 Å². The first kappa shape index (κ1) is 19.6. The van der Waals surface area contributed by atoms with Gasteiger partial charge in [-0.25, -0.2) is 5.09 Å². The van der Waals surface area contributed by atoms with Gasteiger partial charge in [-0.2, -0.15) is 0 Å². The molecule has 0 aromatic carbocycles. The second-order valence-electron chi connectivity index (χ2n) is 5.49. The van der Waals surface area contributed by atoms with Crippen LogP contribution in [0.25, 0.3) is 0 Å². The number of primary amides is 1. The molecule has 9 N–H and O–H groups in total. The summed E-state index contributed by atoms with van der Waals surface area (Å²) in [6.45, 7) is 1.17. The number of piperidine rings is 1. The molecule has 3 amide bonds. The number of nitrogens with one attached hydrogen (secondary N) is 3. The average Bonchev–Trinajstić information content (AvgIpc) is 2.46. The van der Waals surface area contributed by atoms with E-state index in [9.17, 15) is 18.9 Å². The van der Waals surface area contributed by atoms with Crippen LogP contribution < -0.4 is 32.9 Å². The zero-order chi connectivity index (χ0) is 17.5. The Hall–Kier alpha value is -1.48. The number of hydrogen-bond acceptors (Lipinski definition) is 6. The minimum atomic E-state index is -2.75. The molecule has 0 saturated carbocycles. The summed E-state index contributed by atoms with van der Waals surface area (Å²) in [5, 5.41) is 7.59. The molecule has 1 fully saturated rings. The molecule has 11 heteroatoms. The Morgan fingerprint density at radius 1 is 1.43 bits per heavy atom. The third-order valence-electron chi connectivity index (χ3n) is 3.47. The van der Waals surface area contributed by atoms with Gasteiger partial charge in [-0.15, -0.1) is 0 Å². The first-order valence-corrected chi connectivity index (χ1v) is 8.94. The van der Waals surface area contributed by atoms with Gasteiger partial charge in [0.05, 0.1) is 6.42 Å². The van der Waals surface area contributed by atoms with Crippen molar-refractivity contribution < 1.29 is 18.9 Å². The maximum Gasteiger partial charge on any atom is 0.255 e. The fourth-order valence-corrected chi connectivity index (χ4v) is 3.87. The van der Waals surface area contributed by atoms with E-state index in [4.69, 9.17) is 17.2 Å². The summed E-state index contributed by atoms with van der Waals surface area (Å²) in [4.78, 5) is 35.2. The maximum absolute atomic E-state index is 12.4. The smallest absolute Gasteiger partial charge is 0.255 e. The predicted molar refractivity (Wildman–Crippen MR) is 85.6 cm³/mol. The SMILES string of the molecule is NCCCNC(=O)C(N)(CC(N)=O)N[PH](=O)[C@H]1CCCNC1=O. The third-order valence-corrected chi connectivity index (χ3v) is 5.35. The quantitative estimate of drug-likeness (QED) is 0.149. The van der Waals surface area contributed by atoms with Crippen molar-refractivity contribution in [1.82, 2.24) is 15.7 Å². The van der Waals surface area contributed by atoms with E-state index < -0.39 is 37.5 Å². The van der Waals surface area contributed by atoms with Crippen LogP contribution in [0.15, 0.2) is 0 Å². The number of nitrogens with two attached hydrogens (primary N) is 3. The van der Waals surface area contributed by atoms with E-state index in [1.165, 1.54) is 0 Å². The minimum absolute atomic E-state index is 0.263. The summed E-state index contributed by atoms with van der Waals surface area (Å²) in [6, 6.07) is 0. The molecule has 2 unspecified atom stereocenters. The van der Waals surface area contributed by atoms with Crippen LogP contribution in [0.3, 0.4) is 0 Å². The first-order valence-electron chi connectivity index (χ1n) is 7.45. The fraction of sp³-hybridized carbons (Fsp3) is 0.750. The Morgan fingerprint density at radius 3 is 2.70 bits per heavy atom. The third kappa shape index (κ3) is 5.91. The van der Waals surface area contributed by atoms with Crippen molar-refractivity contribution >= 4 is 25.7 Å². The molecule has 1 saturated heterocycles. The summed E-state index contributed by atoms with van der Waals surface area (Å²) < 4.78 is 12.4. The molecule has 10 nitrogen and oxygen atoms in total. The van der Waals surface area contributed by atoms with E-state index in [0.29, 0.717) is 32.4 Å². The van der Waals surface area contributed by atoms with Crippen molar-refractivity contribution in [2.45, 2.75) is 37.0 Å². The Labute approximate surface area is 135 Å². The van der Waals surface area contributed by atoms with Crippen LogP contribution in [0.4, 0.5) is 0 Å². The fourth-order valence-electron chi connectivity index (χ4n) is 2.25. The molecule has 23 heavy (non-hydrogen) atoms. The Balaban J connectivity index is 2.79. The van der Waals surface area contributed by atoms with Crippen molar-refractivity contribution in [2.75, 3.05) is 19.6 Å². The molecule has 0 radical (unpaired) electrons. The topological polar surface area (TPSA) is 182 Å². The van der Waals surface area contributed by atoms with Gasteiger partial charge in [0.1, 0.15) is 13.6 Å². The molecule has 3 atom stereocenters. The van der Waals surface area contributed by atoms with Gasteiger partial charge in [0.2, 0.25) is 11.8 Å². The zero-order valence-electron chi connectivity index (χ0n) is 12.9. The summed E-state index contributed by atoms with van der Waals surface area (Å²) >= 11 is 0. The van der Waals surface area contributed by atoms with Crippen LogP contribution in [0.2, 0.25) is 0 Å². The number of carbonyl (C=O) groups is 3. The average molecular weight is 348 g/mol. The highest BCUT2D eigenvalue weighted by Crippen LogP contribution is 2.31. The lowest BCUT2D eigenvalue weighted by molar-refractivity contribution is -0.131. The highest BCUT2D eigenvalue weighted by molar-refractivity contribution is 7.44. The van der Waals surface area contributed by atoms with Crippen molar-refractivity contribution in [3.63, 3.8) is 0 Å². The van der Waals surface area contributed by atoms with Crippen LogP contribution in [0.5, 0.6) is 0 Å². The van der Waals surface area contributed by atoms with E-state index in [2.05, 4.69) is 15.7 Å². The molecule has 132 valence electrons. The molecule has 1 heterocycles. The standard InChI is InChI=1S/C12H25N6O4P/c13-4-2-6-17-11(21)12(15,7-9(14)19)18-23(22)8-3-1-5-16-10(8)20/h8,23H,1-7,13,15H2,(H2,14,19)(H,16,20)(H,17,21)(H,18,22)/t8-,12?/m0/s1. The molecular weight excluding hydrogens is 323 g/mol. The monoisotopic (exact) mass is 348 g/mol. The summed E-state index contributed by atoms with van der Waals surface area (Å²) in [7, 11) is -2.75. The molecule has 0 aromatic rings. The molecular formula is C12H25N6O4P. The van der Waals surface area contributed by atoms with E-state index in [1.807, 2.05) is 0 Å². The maximum atomic E-state index is 12.4. The Kier molecular flexibility index (Phi) is 7.63. The summed E-state index contributed by atoms with van der Waals surface area (Å²) in [5.74, 6) is -1.88. The minimum Gasteiger partial charge on any atom is -0.370 e. The Morgan fingerprint density at radius 2 is 2.13 bits per heavy atom. The lowest BCUT2D eigenvalue weighted by Gasteiger charge is -2.31. The van der Waals surface area contributed by atoms with Gasteiger partial charge in [0.15, 0.2) is 5.66 Å². The molecule has 1 aliphatic heterocycles. The largest absolute Gasteiger partial charge is 0.370 e. The van der Waals surface area contributed by atoms with Gasteiger partial charge in [0, 0.05) is 13.1 Å². The number of carbonyl (C=O) groups excluding carboxylic acids is 3. The van der Waals surface area contributed by atoms with Gasteiger partial charge < -0.3 is 32.4 Å². The van der Waals surface area contributed by atoms with Crippen molar-refractivity contribution in [3.8, 4) is 0 Å². The van der Waals surface area contributed by atoms with E-state index in [-0.39, 0.29) is 12.5 Å². The van der Waals surface area contributed by atoms with Crippen molar-refractivity contribution in [3.05, 3.63) is 0 Å². The van der Waals surface area contributed by atoms with Crippen LogP contribution in [-0.4, -0.2) is 48.7 Å². The normalized spacial score (nSPS) is 21.8. The summed E-state index contributed by atoms with van der Waals surface area (Å²) in [6.07, 6.45) is 1.10. The van der Waals surface area contributed by atoms with E-state index in [0.717, 1.165) is 0 Å². The number of amides is 3. The van der Waals surface area contributed by atoms with Crippen LogP contribution >= 0.6 is 7.95 Å². The van der Waals surface area contributed by atoms with Crippen molar-refractivity contribution in [1.29, 1.82) is 0 Å². The van der Waals surface area contributed by atoms with Gasteiger partial charge in [-0.3, -0.25) is 14.4 Å².